The van der Waals surface area contributed by atoms with Crippen molar-refractivity contribution in [1.29, 1.82) is 0 Å². The van der Waals surface area contributed by atoms with Gasteiger partial charge in [0.1, 0.15) is 29.2 Å². The number of rotatable bonds is 9. The molecule has 5 rings (SSSR count). The van der Waals surface area contributed by atoms with E-state index in [2.05, 4.69) is 0 Å². The smallest absolute Gasteiger partial charge is 0.419 e. The van der Waals surface area contributed by atoms with Gasteiger partial charge in [-0.15, -0.1) is 0 Å². The summed E-state index contributed by atoms with van der Waals surface area (Å²) in [4.78, 5) is 11.2. The lowest BCUT2D eigenvalue weighted by atomic mass is 9.88. The van der Waals surface area contributed by atoms with Crippen LogP contribution in [-0.2, 0) is 17.4 Å². The zero-order valence-corrected chi connectivity index (χ0v) is 24.4. The standard InChI is InChI=1S/C33H34F4O6/c1-17-11-21(41-10-9-32(3,4)40)12-18(2)29(17)24-15-25(33(35,36)37)31(34)30-23(24)7-8-26(30)43-20-5-6-22-19(13-28(38)39)16-42-27(22)14-20/h5-6,11-12,14-15,19,26,40H,7-10,13,16H2,1-4H3,(H,38,39)/t19-,26-/m1/s1. The van der Waals surface area contributed by atoms with Crippen LogP contribution >= 0.6 is 0 Å². The quantitative estimate of drug-likeness (QED) is 0.245. The van der Waals surface area contributed by atoms with Crippen molar-refractivity contribution in [2.24, 2.45) is 0 Å². The fourth-order valence-electron chi connectivity index (χ4n) is 6.01. The van der Waals surface area contributed by atoms with Crippen molar-refractivity contribution in [2.75, 3.05) is 13.2 Å². The Morgan fingerprint density at radius 2 is 1.77 bits per heavy atom. The summed E-state index contributed by atoms with van der Waals surface area (Å²) < 4.78 is 75.7. The lowest BCUT2D eigenvalue weighted by Gasteiger charge is -2.22. The molecule has 0 saturated heterocycles. The molecule has 0 radical (unpaired) electrons. The van der Waals surface area contributed by atoms with Crippen molar-refractivity contribution in [3.63, 3.8) is 0 Å². The van der Waals surface area contributed by atoms with E-state index in [1.165, 1.54) is 0 Å². The van der Waals surface area contributed by atoms with E-state index in [4.69, 9.17) is 19.3 Å². The van der Waals surface area contributed by atoms with Gasteiger partial charge in [-0.1, -0.05) is 6.07 Å². The van der Waals surface area contributed by atoms with Crippen LogP contribution in [0.15, 0.2) is 36.4 Å². The van der Waals surface area contributed by atoms with Crippen LogP contribution in [0, 0.1) is 19.7 Å². The molecule has 3 aromatic rings. The summed E-state index contributed by atoms with van der Waals surface area (Å²) in [5, 5.41) is 19.1. The van der Waals surface area contributed by atoms with E-state index in [1.54, 1.807) is 58.0 Å². The van der Waals surface area contributed by atoms with Crippen molar-refractivity contribution in [1.82, 2.24) is 0 Å². The van der Waals surface area contributed by atoms with E-state index in [1.807, 2.05) is 0 Å². The second-order valence-corrected chi connectivity index (χ2v) is 12.0. The van der Waals surface area contributed by atoms with Gasteiger partial charge in [-0.25, -0.2) is 4.39 Å². The third-order valence-electron chi connectivity index (χ3n) is 8.02. The Balaban J connectivity index is 1.50. The van der Waals surface area contributed by atoms with Crippen molar-refractivity contribution in [3.8, 4) is 28.4 Å². The van der Waals surface area contributed by atoms with Crippen LogP contribution in [0.2, 0.25) is 0 Å². The molecule has 43 heavy (non-hydrogen) atoms. The van der Waals surface area contributed by atoms with E-state index >= 15 is 4.39 Å². The third-order valence-corrected chi connectivity index (χ3v) is 8.02. The number of aliphatic hydroxyl groups is 1. The van der Waals surface area contributed by atoms with Gasteiger partial charge in [0.15, 0.2) is 0 Å². The largest absolute Gasteiger partial charge is 0.493 e. The topological polar surface area (TPSA) is 85.2 Å². The summed E-state index contributed by atoms with van der Waals surface area (Å²) in [5.41, 5.74) is 1.06. The Morgan fingerprint density at radius 1 is 1.07 bits per heavy atom. The summed E-state index contributed by atoms with van der Waals surface area (Å²) >= 11 is 0. The van der Waals surface area contributed by atoms with Crippen LogP contribution in [0.25, 0.3) is 11.1 Å². The highest BCUT2D eigenvalue weighted by Gasteiger charge is 2.41. The van der Waals surface area contributed by atoms with Crippen molar-refractivity contribution < 1.29 is 46.8 Å². The molecular formula is C33H34F4O6. The van der Waals surface area contributed by atoms with E-state index in [0.29, 0.717) is 63.5 Å². The molecule has 230 valence electrons. The highest BCUT2D eigenvalue weighted by molar-refractivity contribution is 5.77. The number of alkyl halides is 3. The van der Waals surface area contributed by atoms with Gasteiger partial charge in [-0.2, -0.15) is 13.2 Å². The number of carboxylic acids is 1. The number of aryl methyl sites for hydroxylation is 2. The molecule has 2 aliphatic rings. The first-order valence-corrected chi connectivity index (χ1v) is 14.2. The number of hydrogen-bond acceptors (Lipinski definition) is 5. The van der Waals surface area contributed by atoms with E-state index in [0.717, 1.165) is 6.07 Å². The Labute approximate surface area is 247 Å². The molecule has 1 heterocycles. The minimum absolute atomic E-state index is 0.0931. The SMILES string of the molecule is Cc1cc(OCCC(C)(C)O)cc(C)c1-c1cc(C(F)(F)F)c(F)c2c1CC[C@H]2Oc1ccc2c(c1)OC[C@H]2CC(=O)O. The highest BCUT2D eigenvalue weighted by Crippen LogP contribution is 2.48. The number of aliphatic carboxylic acids is 1. The fraction of sp³-hybridized carbons (Fsp3) is 0.424. The molecule has 10 heteroatoms. The fourth-order valence-corrected chi connectivity index (χ4v) is 6.01. The van der Waals surface area contributed by atoms with Gasteiger partial charge in [0, 0.05) is 29.5 Å². The molecule has 0 amide bonds. The summed E-state index contributed by atoms with van der Waals surface area (Å²) in [6.07, 6.45) is -5.00. The monoisotopic (exact) mass is 602 g/mol. The maximum atomic E-state index is 15.7. The van der Waals surface area contributed by atoms with Gasteiger partial charge >= 0.3 is 12.1 Å². The normalized spacial score (nSPS) is 17.8. The molecule has 1 aliphatic heterocycles. The van der Waals surface area contributed by atoms with Crippen molar-refractivity contribution >= 4 is 5.97 Å². The van der Waals surface area contributed by atoms with Crippen LogP contribution in [0.5, 0.6) is 17.2 Å². The van der Waals surface area contributed by atoms with Gasteiger partial charge < -0.3 is 24.4 Å². The van der Waals surface area contributed by atoms with Gasteiger partial charge in [0.2, 0.25) is 0 Å². The minimum atomic E-state index is -4.93. The second-order valence-electron chi connectivity index (χ2n) is 12.0. The number of carboxylic acid groups (broad SMARTS) is 1. The summed E-state index contributed by atoms with van der Waals surface area (Å²) in [6, 6.07) is 9.24. The molecule has 0 aromatic heterocycles. The van der Waals surface area contributed by atoms with Gasteiger partial charge in [-0.05, 0) is 92.6 Å². The number of benzene rings is 3. The first-order valence-electron chi connectivity index (χ1n) is 14.2. The summed E-state index contributed by atoms with van der Waals surface area (Å²) in [6.45, 7) is 7.37. The molecule has 6 nitrogen and oxygen atoms in total. The Hall–Kier alpha value is -3.79. The zero-order valence-electron chi connectivity index (χ0n) is 24.4. The lowest BCUT2D eigenvalue weighted by Crippen LogP contribution is -2.21. The van der Waals surface area contributed by atoms with E-state index in [-0.39, 0.29) is 37.5 Å². The molecule has 3 aromatic carbocycles. The molecule has 0 saturated carbocycles. The average Bonchev–Trinajstić information content (AvgIpc) is 3.47. The maximum absolute atomic E-state index is 15.7. The first kappa shape index (κ1) is 30.7. The molecule has 2 atom stereocenters. The molecule has 0 fully saturated rings. The maximum Gasteiger partial charge on any atom is 0.419 e. The third kappa shape index (κ3) is 6.44. The van der Waals surface area contributed by atoms with E-state index < -0.39 is 35.2 Å². The Kier molecular flexibility index (Phi) is 8.11. The molecule has 0 bridgehead atoms. The second kappa shape index (κ2) is 11.4. The average molecular weight is 603 g/mol. The van der Waals surface area contributed by atoms with Crippen LogP contribution in [0.4, 0.5) is 17.6 Å². The van der Waals surface area contributed by atoms with Crippen LogP contribution < -0.4 is 14.2 Å². The summed E-state index contributed by atoms with van der Waals surface area (Å²) in [5.74, 6) is -1.32. The number of fused-ring (bicyclic) bond motifs is 2. The highest BCUT2D eigenvalue weighted by atomic mass is 19.4. The molecule has 0 spiro atoms. The first-order chi connectivity index (χ1) is 20.1. The molecule has 1 aliphatic carbocycles. The Morgan fingerprint density at radius 3 is 2.40 bits per heavy atom. The zero-order chi connectivity index (χ0) is 31.3. The lowest BCUT2D eigenvalue weighted by molar-refractivity contribution is -0.140. The Bertz CT molecular complexity index is 1530. The predicted octanol–water partition coefficient (Wildman–Crippen LogP) is 7.69. The summed E-state index contributed by atoms with van der Waals surface area (Å²) in [7, 11) is 0. The minimum Gasteiger partial charge on any atom is -0.493 e. The predicted molar refractivity (Wildman–Crippen MR) is 151 cm³/mol. The van der Waals surface area contributed by atoms with E-state index in [9.17, 15) is 23.1 Å². The molecular weight excluding hydrogens is 568 g/mol. The molecule has 0 unspecified atom stereocenters. The van der Waals surface area contributed by atoms with Crippen molar-refractivity contribution in [3.05, 3.63) is 75.6 Å². The number of halogens is 4. The van der Waals surface area contributed by atoms with Crippen LogP contribution in [0.3, 0.4) is 0 Å². The number of hydrogen-bond donors (Lipinski definition) is 2. The van der Waals surface area contributed by atoms with Gasteiger partial charge in [-0.3, -0.25) is 4.79 Å². The van der Waals surface area contributed by atoms with Crippen molar-refractivity contribution in [2.45, 2.75) is 77.2 Å². The number of ether oxygens (including phenoxy) is 3. The van der Waals surface area contributed by atoms with Crippen LogP contribution in [-0.4, -0.2) is 35.0 Å². The van der Waals surface area contributed by atoms with Gasteiger partial charge in [0.25, 0.3) is 0 Å². The van der Waals surface area contributed by atoms with Crippen LogP contribution in [0.1, 0.15) is 78.5 Å². The number of carbonyl (C=O) groups is 1. The molecule has 2 N–H and O–H groups in total. The van der Waals surface area contributed by atoms with Gasteiger partial charge in [0.05, 0.1) is 30.8 Å².